The molecule has 0 aliphatic carbocycles. The van der Waals surface area contributed by atoms with E-state index in [1.165, 1.54) is 0 Å². The molecule has 0 aromatic rings. The smallest absolute Gasteiger partial charge is 0.234 e. The fraction of sp³-hybridized carbons (Fsp3) is 0.917. The van der Waals surface area contributed by atoms with E-state index in [1.807, 2.05) is 6.92 Å². The van der Waals surface area contributed by atoms with Crippen LogP contribution in [0.2, 0.25) is 0 Å². The summed E-state index contributed by atoms with van der Waals surface area (Å²) in [6.07, 6.45) is 0.810. The van der Waals surface area contributed by atoms with Crippen LogP contribution < -0.4 is 5.73 Å². The largest absolute Gasteiger partial charge is 0.368 e. The highest BCUT2D eigenvalue weighted by Crippen LogP contribution is 2.17. The van der Waals surface area contributed by atoms with Gasteiger partial charge in [0.05, 0.1) is 6.04 Å². The number of primary amides is 1. The van der Waals surface area contributed by atoms with Crippen molar-refractivity contribution in [3.05, 3.63) is 0 Å². The van der Waals surface area contributed by atoms with Crippen molar-refractivity contribution in [2.45, 2.75) is 45.7 Å². The number of carbonyl (C=O) groups is 1. The third-order valence-electron chi connectivity index (χ3n) is 3.42. The number of carbonyl (C=O) groups excluding carboxylic acids is 1. The number of amides is 1. The number of rotatable bonds is 3. The van der Waals surface area contributed by atoms with E-state index in [0.717, 1.165) is 32.6 Å². The molecule has 1 rings (SSSR count). The van der Waals surface area contributed by atoms with Crippen LogP contribution in [-0.2, 0) is 4.79 Å². The summed E-state index contributed by atoms with van der Waals surface area (Å²) < 4.78 is 0. The van der Waals surface area contributed by atoms with Gasteiger partial charge in [-0.2, -0.15) is 0 Å². The Morgan fingerprint density at radius 3 is 2.06 bits per heavy atom. The van der Waals surface area contributed by atoms with Crippen LogP contribution in [0.25, 0.3) is 0 Å². The highest BCUT2D eigenvalue weighted by atomic mass is 16.1. The van der Waals surface area contributed by atoms with Crippen LogP contribution in [-0.4, -0.2) is 53.5 Å². The van der Waals surface area contributed by atoms with Crippen LogP contribution in [0.3, 0.4) is 0 Å². The number of hydrogen-bond acceptors (Lipinski definition) is 3. The molecule has 0 radical (unpaired) electrons. The van der Waals surface area contributed by atoms with E-state index in [2.05, 4.69) is 30.6 Å². The van der Waals surface area contributed by atoms with Gasteiger partial charge in [-0.15, -0.1) is 0 Å². The SMILES string of the molecule is CC[C@@H](C(N)=O)N1CCN(C(C)(C)C)CC1. The molecule has 16 heavy (non-hydrogen) atoms. The van der Waals surface area contributed by atoms with Gasteiger partial charge in [0.2, 0.25) is 5.91 Å². The fourth-order valence-corrected chi connectivity index (χ4v) is 2.34. The zero-order chi connectivity index (χ0) is 12.3. The van der Waals surface area contributed by atoms with Gasteiger partial charge in [-0.05, 0) is 27.2 Å². The van der Waals surface area contributed by atoms with Crippen LogP contribution in [0.1, 0.15) is 34.1 Å². The quantitative estimate of drug-likeness (QED) is 0.771. The summed E-state index contributed by atoms with van der Waals surface area (Å²) in [5.74, 6) is -0.188. The predicted molar refractivity (Wildman–Crippen MR) is 66.2 cm³/mol. The van der Waals surface area contributed by atoms with E-state index in [-0.39, 0.29) is 17.5 Å². The Balaban J connectivity index is 2.51. The molecular weight excluding hydrogens is 202 g/mol. The van der Waals surface area contributed by atoms with Crippen LogP contribution in [0.4, 0.5) is 0 Å². The van der Waals surface area contributed by atoms with Crippen molar-refractivity contribution in [1.82, 2.24) is 9.80 Å². The minimum absolute atomic E-state index is 0.0814. The molecule has 4 heteroatoms. The maximum Gasteiger partial charge on any atom is 0.234 e. The minimum Gasteiger partial charge on any atom is -0.368 e. The summed E-state index contributed by atoms with van der Waals surface area (Å²) in [4.78, 5) is 15.9. The summed E-state index contributed by atoms with van der Waals surface area (Å²) in [6.45, 7) is 12.6. The first-order chi connectivity index (χ1) is 7.36. The molecule has 0 bridgehead atoms. The van der Waals surface area contributed by atoms with Gasteiger partial charge < -0.3 is 5.73 Å². The molecule has 1 saturated heterocycles. The summed E-state index contributed by atoms with van der Waals surface area (Å²) in [5, 5.41) is 0. The summed E-state index contributed by atoms with van der Waals surface area (Å²) in [5.41, 5.74) is 5.63. The van der Waals surface area contributed by atoms with Gasteiger partial charge in [-0.3, -0.25) is 14.6 Å². The molecule has 0 aromatic carbocycles. The van der Waals surface area contributed by atoms with Crippen molar-refractivity contribution in [3.8, 4) is 0 Å². The molecule has 2 N–H and O–H groups in total. The highest BCUT2D eigenvalue weighted by molar-refractivity contribution is 5.79. The molecule has 1 amide bonds. The van der Waals surface area contributed by atoms with Crippen LogP contribution in [0.5, 0.6) is 0 Å². The van der Waals surface area contributed by atoms with Gasteiger partial charge in [-0.25, -0.2) is 0 Å². The van der Waals surface area contributed by atoms with E-state index >= 15 is 0 Å². The number of piperazine rings is 1. The Morgan fingerprint density at radius 2 is 1.75 bits per heavy atom. The molecule has 0 aromatic heterocycles. The second-order valence-electron chi connectivity index (χ2n) is 5.52. The third kappa shape index (κ3) is 3.19. The first-order valence-electron chi connectivity index (χ1n) is 6.14. The molecule has 0 saturated carbocycles. The lowest BCUT2D eigenvalue weighted by atomic mass is 10.0. The maximum absolute atomic E-state index is 11.3. The summed E-state index contributed by atoms with van der Waals surface area (Å²) in [6, 6.07) is -0.0814. The van der Waals surface area contributed by atoms with Gasteiger partial charge in [0.15, 0.2) is 0 Å². The molecule has 94 valence electrons. The first kappa shape index (κ1) is 13.5. The van der Waals surface area contributed by atoms with Gasteiger partial charge in [-0.1, -0.05) is 6.92 Å². The monoisotopic (exact) mass is 227 g/mol. The fourth-order valence-electron chi connectivity index (χ4n) is 2.34. The first-order valence-corrected chi connectivity index (χ1v) is 6.14. The molecule has 1 heterocycles. The Morgan fingerprint density at radius 1 is 1.25 bits per heavy atom. The minimum atomic E-state index is -0.188. The molecule has 1 fully saturated rings. The normalized spacial score (nSPS) is 22.0. The van der Waals surface area contributed by atoms with Crippen molar-refractivity contribution < 1.29 is 4.79 Å². The van der Waals surface area contributed by atoms with E-state index in [9.17, 15) is 4.79 Å². The molecule has 1 atom stereocenters. The number of nitrogens with two attached hydrogens (primary N) is 1. The average Bonchev–Trinajstić information content (AvgIpc) is 2.17. The van der Waals surface area contributed by atoms with Gasteiger partial charge in [0, 0.05) is 31.7 Å². The predicted octanol–water partition coefficient (Wildman–Crippen LogP) is 0.666. The van der Waals surface area contributed by atoms with E-state index in [0.29, 0.717) is 0 Å². The van der Waals surface area contributed by atoms with Gasteiger partial charge >= 0.3 is 0 Å². The lowest BCUT2D eigenvalue weighted by Gasteiger charge is -2.43. The summed E-state index contributed by atoms with van der Waals surface area (Å²) >= 11 is 0. The average molecular weight is 227 g/mol. The van der Waals surface area contributed by atoms with E-state index < -0.39 is 0 Å². The van der Waals surface area contributed by atoms with Crippen LogP contribution in [0, 0.1) is 0 Å². The van der Waals surface area contributed by atoms with Gasteiger partial charge in [0.25, 0.3) is 0 Å². The zero-order valence-corrected chi connectivity index (χ0v) is 11.0. The summed E-state index contributed by atoms with van der Waals surface area (Å²) in [7, 11) is 0. The van der Waals surface area contributed by atoms with E-state index in [4.69, 9.17) is 5.73 Å². The molecule has 0 spiro atoms. The molecular formula is C12H25N3O. The van der Waals surface area contributed by atoms with Crippen LogP contribution in [0.15, 0.2) is 0 Å². The van der Waals surface area contributed by atoms with Crippen molar-refractivity contribution in [2.75, 3.05) is 26.2 Å². The Bertz CT molecular complexity index is 239. The number of nitrogens with zero attached hydrogens (tertiary/aromatic N) is 2. The molecule has 1 aliphatic heterocycles. The van der Waals surface area contributed by atoms with Crippen LogP contribution >= 0.6 is 0 Å². The lowest BCUT2D eigenvalue weighted by Crippen LogP contribution is -2.57. The highest BCUT2D eigenvalue weighted by Gasteiger charge is 2.30. The van der Waals surface area contributed by atoms with Crippen molar-refractivity contribution in [3.63, 3.8) is 0 Å². The molecule has 0 unspecified atom stereocenters. The standard InChI is InChI=1S/C12H25N3O/c1-5-10(11(13)16)14-6-8-15(9-7-14)12(2,3)4/h10H,5-9H2,1-4H3,(H2,13,16)/t10-/m0/s1. The lowest BCUT2D eigenvalue weighted by molar-refractivity contribution is -0.124. The third-order valence-corrected chi connectivity index (χ3v) is 3.42. The van der Waals surface area contributed by atoms with E-state index in [1.54, 1.807) is 0 Å². The second kappa shape index (κ2) is 5.15. The van der Waals surface area contributed by atoms with Crippen molar-refractivity contribution in [1.29, 1.82) is 0 Å². The van der Waals surface area contributed by atoms with Crippen molar-refractivity contribution in [2.24, 2.45) is 5.73 Å². The van der Waals surface area contributed by atoms with Crippen molar-refractivity contribution >= 4 is 5.91 Å². The molecule has 4 nitrogen and oxygen atoms in total. The topological polar surface area (TPSA) is 49.6 Å². The Hall–Kier alpha value is -0.610. The Labute approximate surface area is 98.8 Å². The molecule has 1 aliphatic rings. The zero-order valence-electron chi connectivity index (χ0n) is 11.0. The number of hydrogen-bond donors (Lipinski definition) is 1. The van der Waals surface area contributed by atoms with Gasteiger partial charge in [0.1, 0.15) is 0 Å². The maximum atomic E-state index is 11.3. The second-order valence-corrected chi connectivity index (χ2v) is 5.52. The Kier molecular flexibility index (Phi) is 4.33.